The fourth-order valence-corrected chi connectivity index (χ4v) is 2.83. The molecule has 0 radical (unpaired) electrons. The van der Waals surface area contributed by atoms with E-state index in [4.69, 9.17) is 9.47 Å². The first-order valence-electron chi connectivity index (χ1n) is 7.96. The minimum Gasteiger partial charge on any atom is -0.480 e. The summed E-state index contributed by atoms with van der Waals surface area (Å²) in [7, 11) is 5.19. The zero-order valence-corrected chi connectivity index (χ0v) is 14.0. The third-order valence-electron chi connectivity index (χ3n) is 4.41. The van der Waals surface area contributed by atoms with Gasteiger partial charge in [-0.3, -0.25) is 0 Å². The highest BCUT2D eigenvalue weighted by atomic mass is 16.5. The molecule has 0 aromatic carbocycles. The van der Waals surface area contributed by atoms with E-state index in [0.717, 1.165) is 34.8 Å². The summed E-state index contributed by atoms with van der Waals surface area (Å²) in [6.45, 7) is 0. The molecule has 3 aromatic rings. The molecular weight excluding hydrogens is 306 g/mol. The van der Waals surface area contributed by atoms with Crippen molar-refractivity contribution >= 4 is 11.2 Å². The van der Waals surface area contributed by atoms with Gasteiger partial charge in [-0.1, -0.05) is 0 Å². The molecule has 7 heteroatoms. The van der Waals surface area contributed by atoms with Gasteiger partial charge in [-0.2, -0.15) is 4.98 Å². The van der Waals surface area contributed by atoms with Gasteiger partial charge in [0.15, 0.2) is 5.65 Å². The lowest BCUT2D eigenvalue weighted by Crippen LogP contribution is -1.99. The van der Waals surface area contributed by atoms with Gasteiger partial charge in [-0.15, -0.1) is 0 Å². The van der Waals surface area contributed by atoms with Gasteiger partial charge in [0.2, 0.25) is 5.88 Å². The molecule has 0 aliphatic heterocycles. The molecular formula is C17H19N5O2. The summed E-state index contributed by atoms with van der Waals surface area (Å²) >= 11 is 0. The SMILES string of the molecule is COc1ncc(-c2cc3c(nc2OC)nc(CC2CC2)n3C)cn1. The second-order valence-corrected chi connectivity index (χ2v) is 6.08. The van der Waals surface area contributed by atoms with Crippen LogP contribution in [-0.2, 0) is 13.5 Å². The van der Waals surface area contributed by atoms with Crippen molar-refractivity contribution < 1.29 is 9.47 Å². The highest BCUT2D eigenvalue weighted by molar-refractivity contribution is 5.82. The summed E-state index contributed by atoms with van der Waals surface area (Å²) in [4.78, 5) is 17.6. The fraction of sp³-hybridized carbons (Fsp3) is 0.412. The molecule has 3 heterocycles. The third kappa shape index (κ3) is 2.55. The number of ether oxygens (including phenoxy) is 2. The van der Waals surface area contributed by atoms with Crippen LogP contribution in [0.1, 0.15) is 18.7 Å². The van der Waals surface area contributed by atoms with E-state index in [2.05, 4.69) is 24.5 Å². The van der Waals surface area contributed by atoms with Crippen LogP contribution in [0.2, 0.25) is 0 Å². The quantitative estimate of drug-likeness (QED) is 0.717. The first-order valence-corrected chi connectivity index (χ1v) is 7.96. The number of pyridine rings is 1. The third-order valence-corrected chi connectivity index (χ3v) is 4.41. The van der Waals surface area contributed by atoms with E-state index >= 15 is 0 Å². The molecule has 0 atom stereocenters. The van der Waals surface area contributed by atoms with Crippen LogP contribution < -0.4 is 9.47 Å². The van der Waals surface area contributed by atoms with Crippen LogP contribution in [0, 0.1) is 5.92 Å². The summed E-state index contributed by atoms with van der Waals surface area (Å²) in [5, 5.41) is 0. The Bertz CT molecular complexity index is 884. The van der Waals surface area contributed by atoms with Crippen LogP contribution in [0.15, 0.2) is 18.5 Å². The Morgan fingerprint density at radius 1 is 1.12 bits per heavy atom. The molecule has 1 saturated carbocycles. The Balaban J connectivity index is 1.82. The topological polar surface area (TPSA) is 75.0 Å². The molecule has 0 saturated heterocycles. The normalized spacial score (nSPS) is 14.1. The largest absolute Gasteiger partial charge is 0.480 e. The number of fused-ring (bicyclic) bond motifs is 1. The number of aromatic nitrogens is 5. The smallest absolute Gasteiger partial charge is 0.316 e. The Morgan fingerprint density at radius 2 is 1.88 bits per heavy atom. The van der Waals surface area contributed by atoms with Crippen LogP contribution in [0.3, 0.4) is 0 Å². The van der Waals surface area contributed by atoms with Gasteiger partial charge in [0, 0.05) is 37.0 Å². The Kier molecular flexibility index (Phi) is 3.55. The molecule has 0 amide bonds. The molecule has 1 aliphatic carbocycles. The van der Waals surface area contributed by atoms with Gasteiger partial charge < -0.3 is 14.0 Å². The highest BCUT2D eigenvalue weighted by Gasteiger charge is 2.25. The van der Waals surface area contributed by atoms with E-state index in [1.807, 2.05) is 13.1 Å². The summed E-state index contributed by atoms with van der Waals surface area (Å²) in [5.41, 5.74) is 3.36. The van der Waals surface area contributed by atoms with Crippen molar-refractivity contribution in [1.82, 2.24) is 24.5 Å². The number of imidazole rings is 1. The second-order valence-electron chi connectivity index (χ2n) is 6.08. The monoisotopic (exact) mass is 325 g/mol. The molecule has 24 heavy (non-hydrogen) atoms. The van der Waals surface area contributed by atoms with Gasteiger partial charge in [0.1, 0.15) is 5.82 Å². The predicted octanol–water partition coefficient (Wildman–Crippen LogP) is 2.40. The van der Waals surface area contributed by atoms with Gasteiger partial charge in [-0.05, 0) is 24.8 Å². The van der Waals surface area contributed by atoms with Crippen LogP contribution in [0.4, 0.5) is 0 Å². The highest BCUT2D eigenvalue weighted by Crippen LogP contribution is 2.35. The molecule has 4 rings (SSSR count). The molecule has 0 bridgehead atoms. The van der Waals surface area contributed by atoms with Gasteiger partial charge in [0.25, 0.3) is 0 Å². The molecule has 124 valence electrons. The summed E-state index contributed by atoms with van der Waals surface area (Å²) < 4.78 is 12.6. The van der Waals surface area contributed by atoms with Gasteiger partial charge in [-0.25, -0.2) is 15.0 Å². The van der Waals surface area contributed by atoms with Crippen molar-refractivity contribution in [2.45, 2.75) is 19.3 Å². The molecule has 1 aliphatic rings. The number of nitrogens with zero attached hydrogens (tertiary/aromatic N) is 5. The molecule has 0 unspecified atom stereocenters. The second kappa shape index (κ2) is 5.74. The van der Waals surface area contributed by atoms with Crippen molar-refractivity contribution in [2.24, 2.45) is 13.0 Å². The van der Waals surface area contributed by atoms with E-state index in [1.165, 1.54) is 12.8 Å². The number of hydrogen-bond donors (Lipinski definition) is 0. The Labute approximate surface area is 139 Å². The zero-order chi connectivity index (χ0) is 16.7. The lowest BCUT2D eigenvalue weighted by Gasteiger charge is -2.08. The van der Waals surface area contributed by atoms with Crippen LogP contribution in [0.5, 0.6) is 11.9 Å². The summed E-state index contributed by atoms with van der Waals surface area (Å²) in [6.07, 6.45) is 7.02. The Hall–Kier alpha value is -2.70. The van der Waals surface area contributed by atoms with E-state index in [-0.39, 0.29) is 0 Å². The first-order chi connectivity index (χ1) is 11.7. The molecule has 0 N–H and O–H groups in total. The minimum atomic E-state index is 0.332. The van der Waals surface area contributed by atoms with Crippen molar-refractivity contribution in [3.63, 3.8) is 0 Å². The Morgan fingerprint density at radius 3 is 2.50 bits per heavy atom. The standard InChI is InChI=1S/C17H19N5O2/c1-22-13-7-12(11-8-18-17(24-3)19-9-11)16(23-2)21-15(13)20-14(22)6-10-4-5-10/h7-10H,4-6H2,1-3H3. The lowest BCUT2D eigenvalue weighted by atomic mass is 10.1. The first kappa shape index (κ1) is 14.9. The summed E-state index contributed by atoms with van der Waals surface area (Å²) in [5.74, 6) is 2.37. The van der Waals surface area contributed by atoms with Crippen molar-refractivity contribution in [3.05, 3.63) is 24.3 Å². The zero-order valence-electron chi connectivity index (χ0n) is 14.0. The molecule has 1 fully saturated rings. The number of aryl methyl sites for hydroxylation is 1. The van der Waals surface area contributed by atoms with E-state index < -0.39 is 0 Å². The maximum atomic E-state index is 5.46. The lowest BCUT2D eigenvalue weighted by molar-refractivity contribution is 0.379. The van der Waals surface area contributed by atoms with E-state index in [9.17, 15) is 0 Å². The predicted molar refractivity (Wildman–Crippen MR) is 89.1 cm³/mol. The minimum absolute atomic E-state index is 0.332. The van der Waals surface area contributed by atoms with Crippen molar-refractivity contribution in [3.8, 4) is 23.0 Å². The summed E-state index contributed by atoms with van der Waals surface area (Å²) in [6, 6.07) is 2.37. The van der Waals surface area contributed by atoms with Crippen LogP contribution in [-0.4, -0.2) is 38.7 Å². The van der Waals surface area contributed by atoms with Gasteiger partial charge in [0.05, 0.1) is 19.7 Å². The fourth-order valence-electron chi connectivity index (χ4n) is 2.83. The van der Waals surface area contributed by atoms with E-state index in [0.29, 0.717) is 17.5 Å². The maximum absolute atomic E-state index is 5.46. The average Bonchev–Trinajstić information content (AvgIpc) is 3.39. The van der Waals surface area contributed by atoms with Crippen LogP contribution in [0.25, 0.3) is 22.3 Å². The molecule has 0 spiro atoms. The van der Waals surface area contributed by atoms with Crippen molar-refractivity contribution in [2.75, 3.05) is 14.2 Å². The van der Waals surface area contributed by atoms with Crippen LogP contribution >= 0.6 is 0 Å². The van der Waals surface area contributed by atoms with E-state index in [1.54, 1.807) is 26.6 Å². The van der Waals surface area contributed by atoms with Crippen molar-refractivity contribution in [1.29, 1.82) is 0 Å². The average molecular weight is 325 g/mol. The maximum Gasteiger partial charge on any atom is 0.316 e. The molecule has 3 aromatic heterocycles. The van der Waals surface area contributed by atoms with Gasteiger partial charge >= 0.3 is 6.01 Å². The number of rotatable bonds is 5. The molecule has 7 nitrogen and oxygen atoms in total. The number of methoxy groups -OCH3 is 2. The number of hydrogen-bond acceptors (Lipinski definition) is 6.